The van der Waals surface area contributed by atoms with Crippen molar-refractivity contribution in [2.75, 3.05) is 30.5 Å². The Morgan fingerprint density at radius 2 is 2.18 bits per heavy atom. The number of hydrogen-bond acceptors (Lipinski definition) is 3. The summed E-state index contributed by atoms with van der Waals surface area (Å²) in [5, 5.41) is 0. The summed E-state index contributed by atoms with van der Waals surface area (Å²) in [4.78, 5) is 2.27. The molecule has 0 aromatic heterocycles. The van der Waals surface area contributed by atoms with Gasteiger partial charge in [0, 0.05) is 29.9 Å². The highest BCUT2D eigenvalue weighted by atomic mass is 79.9. The summed E-state index contributed by atoms with van der Waals surface area (Å²) in [5.41, 5.74) is 8.34. The van der Waals surface area contributed by atoms with Crippen LogP contribution in [0.5, 0.6) is 0 Å². The summed E-state index contributed by atoms with van der Waals surface area (Å²) in [6, 6.07) is 6.72. The summed E-state index contributed by atoms with van der Waals surface area (Å²) < 4.78 is 1.15. The molecule has 0 saturated carbocycles. The van der Waals surface area contributed by atoms with Crippen molar-refractivity contribution in [3.05, 3.63) is 28.2 Å². The Balaban J connectivity index is 2.74. The van der Waals surface area contributed by atoms with Crippen LogP contribution < -0.4 is 10.6 Å². The Bertz CT molecular complexity index is 355. The van der Waals surface area contributed by atoms with Crippen LogP contribution in [-0.2, 0) is 6.42 Å². The van der Waals surface area contributed by atoms with Gasteiger partial charge < -0.3 is 10.6 Å². The standard InChI is InChI=1S/C13H21BrN2S/c1-10(15)8-11-4-5-13(12(14)9-11)16(2)6-7-17-3/h4-5,9-10H,6-8,15H2,1-3H3. The van der Waals surface area contributed by atoms with Crippen LogP contribution >= 0.6 is 27.7 Å². The minimum Gasteiger partial charge on any atom is -0.373 e. The van der Waals surface area contributed by atoms with Gasteiger partial charge in [-0.05, 0) is 53.2 Å². The molecule has 0 aliphatic heterocycles. The van der Waals surface area contributed by atoms with E-state index in [-0.39, 0.29) is 6.04 Å². The van der Waals surface area contributed by atoms with Crippen LogP contribution in [0, 0.1) is 0 Å². The smallest absolute Gasteiger partial charge is 0.0508 e. The molecule has 0 bridgehead atoms. The molecule has 4 heteroatoms. The number of thioether (sulfide) groups is 1. The second-order valence-corrected chi connectivity index (χ2v) is 6.22. The van der Waals surface area contributed by atoms with Gasteiger partial charge >= 0.3 is 0 Å². The first-order chi connectivity index (χ1) is 8.04. The van der Waals surface area contributed by atoms with E-state index in [4.69, 9.17) is 5.73 Å². The van der Waals surface area contributed by atoms with Crippen molar-refractivity contribution >= 4 is 33.4 Å². The molecule has 17 heavy (non-hydrogen) atoms. The highest BCUT2D eigenvalue weighted by Crippen LogP contribution is 2.27. The SMILES string of the molecule is CSCCN(C)c1ccc(CC(C)N)cc1Br. The minimum atomic E-state index is 0.210. The van der Waals surface area contributed by atoms with Crippen molar-refractivity contribution in [2.45, 2.75) is 19.4 Å². The summed E-state index contributed by atoms with van der Waals surface area (Å²) >= 11 is 5.51. The van der Waals surface area contributed by atoms with Crippen LogP contribution in [0.25, 0.3) is 0 Å². The van der Waals surface area contributed by atoms with Crippen LogP contribution in [0.15, 0.2) is 22.7 Å². The molecule has 0 spiro atoms. The molecule has 96 valence electrons. The maximum atomic E-state index is 5.81. The van der Waals surface area contributed by atoms with Crippen LogP contribution in [0.1, 0.15) is 12.5 Å². The van der Waals surface area contributed by atoms with Gasteiger partial charge in [0.1, 0.15) is 0 Å². The molecule has 0 aliphatic rings. The average molecular weight is 317 g/mol. The number of nitrogens with two attached hydrogens (primary N) is 1. The van der Waals surface area contributed by atoms with Gasteiger partial charge in [-0.1, -0.05) is 6.07 Å². The van der Waals surface area contributed by atoms with E-state index in [9.17, 15) is 0 Å². The normalized spacial score (nSPS) is 12.5. The van der Waals surface area contributed by atoms with Gasteiger partial charge in [0.15, 0.2) is 0 Å². The molecule has 0 saturated heterocycles. The molecule has 1 unspecified atom stereocenters. The van der Waals surface area contributed by atoms with Gasteiger partial charge in [-0.15, -0.1) is 0 Å². The lowest BCUT2D eigenvalue weighted by Crippen LogP contribution is -2.21. The molecule has 0 heterocycles. The van der Waals surface area contributed by atoms with Gasteiger partial charge in [0.25, 0.3) is 0 Å². The number of anilines is 1. The average Bonchev–Trinajstić information content (AvgIpc) is 2.25. The van der Waals surface area contributed by atoms with Gasteiger partial charge in [-0.3, -0.25) is 0 Å². The lowest BCUT2D eigenvalue weighted by atomic mass is 10.1. The summed E-state index contributed by atoms with van der Waals surface area (Å²) in [5.74, 6) is 1.14. The number of rotatable bonds is 6. The van der Waals surface area contributed by atoms with Gasteiger partial charge in [-0.2, -0.15) is 11.8 Å². The van der Waals surface area contributed by atoms with Crippen LogP contribution in [0.4, 0.5) is 5.69 Å². The Labute approximate surface area is 117 Å². The van der Waals surface area contributed by atoms with Crippen LogP contribution in [-0.4, -0.2) is 31.6 Å². The molecular formula is C13H21BrN2S. The highest BCUT2D eigenvalue weighted by molar-refractivity contribution is 9.10. The fourth-order valence-corrected chi connectivity index (χ4v) is 2.89. The van der Waals surface area contributed by atoms with Crippen molar-refractivity contribution in [2.24, 2.45) is 5.73 Å². The van der Waals surface area contributed by atoms with E-state index >= 15 is 0 Å². The molecule has 2 nitrogen and oxygen atoms in total. The van der Waals surface area contributed by atoms with Gasteiger partial charge in [0.2, 0.25) is 0 Å². The summed E-state index contributed by atoms with van der Waals surface area (Å²) in [6.07, 6.45) is 3.06. The molecule has 2 N–H and O–H groups in total. The summed E-state index contributed by atoms with van der Waals surface area (Å²) in [6.45, 7) is 3.10. The van der Waals surface area contributed by atoms with E-state index in [1.54, 1.807) is 0 Å². The Kier molecular flexibility index (Phi) is 6.38. The quantitative estimate of drug-likeness (QED) is 0.874. The first-order valence-electron chi connectivity index (χ1n) is 5.78. The minimum absolute atomic E-state index is 0.210. The van der Waals surface area contributed by atoms with Gasteiger partial charge in [-0.25, -0.2) is 0 Å². The molecule has 1 aromatic rings. The second kappa shape index (κ2) is 7.29. The largest absolute Gasteiger partial charge is 0.373 e. The zero-order chi connectivity index (χ0) is 12.8. The van der Waals surface area contributed by atoms with E-state index in [1.165, 1.54) is 11.3 Å². The third-order valence-corrected chi connectivity index (χ3v) is 3.84. The maximum absolute atomic E-state index is 5.81. The third-order valence-electron chi connectivity index (χ3n) is 2.61. The lowest BCUT2D eigenvalue weighted by Gasteiger charge is -2.21. The number of nitrogens with zero attached hydrogens (tertiary/aromatic N) is 1. The molecular weight excluding hydrogens is 296 g/mol. The van der Waals surface area contributed by atoms with Crippen molar-refractivity contribution in [3.8, 4) is 0 Å². The molecule has 1 aromatic carbocycles. The number of halogens is 1. The Morgan fingerprint density at radius 1 is 1.47 bits per heavy atom. The summed E-state index contributed by atoms with van der Waals surface area (Å²) in [7, 11) is 2.13. The van der Waals surface area contributed by atoms with Crippen molar-refractivity contribution in [1.82, 2.24) is 0 Å². The maximum Gasteiger partial charge on any atom is 0.0508 e. The van der Waals surface area contributed by atoms with Crippen LogP contribution in [0.2, 0.25) is 0 Å². The predicted molar refractivity (Wildman–Crippen MR) is 83.1 cm³/mol. The number of benzene rings is 1. The fraction of sp³-hybridized carbons (Fsp3) is 0.538. The predicted octanol–water partition coefficient (Wildman–Crippen LogP) is 3.14. The van der Waals surface area contributed by atoms with Gasteiger partial charge in [0.05, 0.1) is 5.69 Å². The molecule has 0 radical (unpaired) electrons. The topological polar surface area (TPSA) is 29.3 Å². The molecule has 1 rings (SSSR count). The zero-order valence-corrected chi connectivity index (χ0v) is 13.1. The molecule has 0 amide bonds. The van der Waals surface area contributed by atoms with E-state index in [2.05, 4.69) is 52.3 Å². The first-order valence-corrected chi connectivity index (χ1v) is 7.97. The third kappa shape index (κ3) is 4.90. The Morgan fingerprint density at radius 3 is 2.71 bits per heavy atom. The van der Waals surface area contributed by atoms with Crippen LogP contribution in [0.3, 0.4) is 0 Å². The van der Waals surface area contributed by atoms with E-state index < -0.39 is 0 Å². The van der Waals surface area contributed by atoms with E-state index in [1.807, 2.05) is 18.7 Å². The fourth-order valence-electron chi connectivity index (χ4n) is 1.71. The molecule has 1 atom stereocenters. The lowest BCUT2D eigenvalue weighted by molar-refractivity contribution is 0.737. The van der Waals surface area contributed by atoms with E-state index in [0.29, 0.717) is 0 Å². The van der Waals surface area contributed by atoms with Crippen molar-refractivity contribution < 1.29 is 0 Å². The molecule has 0 fully saturated rings. The first kappa shape index (κ1) is 14.9. The van der Waals surface area contributed by atoms with Crippen molar-refractivity contribution in [1.29, 1.82) is 0 Å². The second-order valence-electron chi connectivity index (χ2n) is 4.38. The molecule has 0 aliphatic carbocycles. The number of hydrogen-bond donors (Lipinski definition) is 1. The zero-order valence-electron chi connectivity index (χ0n) is 10.7. The monoisotopic (exact) mass is 316 g/mol. The highest BCUT2D eigenvalue weighted by Gasteiger charge is 2.07. The van der Waals surface area contributed by atoms with E-state index in [0.717, 1.165) is 23.2 Å². The van der Waals surface area contributed by atoms with Crippen molar-refractivity contribution in [3.63, 3.8) is 0 Å². The Hall–Kier alpha value is -0.190.